The van der Waals surface area contributed by atoms with Crippen molar-refractivity contribution in [3.8, 4) is 10.4 Å². The van der Waals surface area contributed by atoms with E-state index >= 15 is 0 Å². The number of aliphatic hydroxyl groups is 1. The van der Waals surface area contributed by atoms with Crippen LogP contribution >= 0.6 is 11.5 Å². The first-order valence-electron chi connectivity index (χ1n) is 10.1. The van der Waals surface area contributed by atoms with Gasteiger partial charge in [-0.15, -0.1) is 0 Å². The highest BCUT2D eigenvalue weighted by Crippen LogP contribution is 2.22. The Bertz CT molecular complexity index is 682. The molecule has 8 heteroatoms. The molecule has 3 heterocycles. The lowest BCUT2D eigenvalue weighted by Crippen LogP contribution is -2.29. The number of hydrogen-bond donors (Lipinski definition) is 5. The lowest BCUT2D eigenvalue weighted by Gasteiger charge is -2.08. The molecular weight excluding hydrogens is 388 g/mol. The van der Waals surface area contributed by atoms with Crippen LogP contribution in [0.4, 0.5) is 4.79 Å². The number of aryl methyl sites for hydroxylation is 1. The third kappa shape index (κ3) is 9.85. The van der Waals surface area contributed by atoms with Gasteiger partial charge in [-0.1, -0.05) is 29.8 Å². The summed E-state index contributed by atoms with van der Waals surface area (Å²) in [4.78, 5) is 11.3. The number of rotatable bonds is 4. The summed E-state index contributed by atoms with van der Waals surface area (Å²) >= 11 is 1.53. The maximum Gasteiger partial charge on any atom is 0.404 e. The summed E-state index contributed by atoms with van der Waals surface area (Å²) in [6.07, 6.45) is 5.08. The van der Waals surface area contributed by atoms with E-state index < -0.39 is 6.09 Å². The lowest BCUT2D eigenvalue weighted by molar-refractivity contribution is 0.194. The van der Waals surface area contributed by atoms with Crippen molar-refractivity contribution in [2.24, 2.45) is 0 Å². The number of aliphatic hydroxyl groups excluding tert-OH is 1. The molecule has 0 aliphatic carbocycles. The number of benzene rings is 1. The number of carbonyl (C=O) groups is 1. The highest BCUT2D eigenvalue weighted by molar-refractivity contribution is 7.09. The van der Waals surface area contributed by atoms with Crippen LogP contribution in [0, 0.1) is 6.92 Å². The van der Waals surface area contributed by atoms with E-state index in [1.54, 1.807) is 0 Å². The quantitative estimate of drug-likeness (QED) is 0.521. The molecule has 0 bridgehead atoms. The van der Waals surface area contributed by atoms with E-state index in [2.05, 4.69) is 51.5 Å². The molecule has 2 unspecified atom stereocenters. The smallest absolute Gasteiger partial charge is 0.404 e. The summed E-state index contributed by atoms with van der Waals surface area (Å²) in [7, 11) is 0. The summed E-state index contributed by atoms with van der Waals surface area (Å²) < 4.78 is 4.06. The molecule has 7 nitrogen and oxygen atoms in total. The van der Waals surface area contributed by atoms with Crippen molar-refractivity contribution < 1.29 is 15.0 Å². The Balaban J connectivity index is 0.000000164. The Morgan fingerprint density at radius 1 is 1.24 bits per heavy atom. The fourth-order valence-electron chi connectivity index (χ4n) is 3.08. The van der Waals surface area contributed by atoms with Crippen LogP contribution in [0.2, 0.25) is 0 Å². The van der Waals surface area contributed by atoms with Gasteiger partial charge in [-0.25, -0.2) is 9.17 Å². The van der Waals surface area contributed by atoms with Gasteiger partial charge in [0.1, 0.15) is 0 Å². The first-order chi connectivity index (χ1) is 14.0. The molecular formula is C21H32N4O3S. The first kappa shape index (κ1) is 23.3. The number of nitrogens with zero attached hydrogens (tertiary/aromatic N) is 1. The van der Waals surface area contributed by atoms with E-state index in [4.69, 9.17) is 10.2 Å². The van der Waals surface area contributed by atoms with Crippen molar-refractivity contribution in [1.29, 1.82) is 0 Å². The molecule has 2 saturated heterocycles. The van der Waals surface area contributed by atoms with E-state index in [0.717, 1.165) is 32.5 Å². The lowest BCUT2D eigenvalue weighted by atomic mass is 10.1. The summed E-state index contributed by atoms with van der Waals surface area (Å²) in [5, 5.41) is 25.6. The zero-order valence-corrected chi connectivity index (χ0v) is 17.8. The van der Waals surface area contributed by atoms with Crippen LogP contribution in [-0.4, -0.2) is 59.0 Å². The third-order valence-electron chi connectivity index (χ3n) is 4.74. The molecule has 160 valence electrons. The van der Waals surface area contributed by atoms with Crippen LogP contribution in [-0.2, 0) is 0 Å². The Labute approximate surface area is 176 Å². The van der Waals surface area contributed by atoms with E-state index in [9.17, 15) is 4.79 Å². The number of hydrogen-bond acceptors (Lipinski definition) is 6. The molecule has 2 aliphatic rings. The molecule has 2 fully saturated rings. The average Bonchev–Trinajstić information content (AvgIpc) is 3.47. The van der Waals surface area contributed by atoms with Crippen molar-refractivity contribution in [2.75, 3.05) is 26.2 Å². The monoisotopic (exact) mass is 420 g/mol. The number of amides is 1. The average molecular weight is 421 g/mol. The topological polar surface area (TPSA) is 107 Å². The largest absolute Gasteiger partial charge is 0.465 e. The summed E-state index contributed by atoms with van der Waals surface area (Å²) in [6, 6.07) is 11.1. The highest BCUT2D eigenvalue weighted by atomic mass is 32.1. The van der Waals surface area contributed by atoms with Gasteiger partial charge >= 0.3 is 6.09 Å². The van der Waals surface area contributed by atoms with Crippen LogP contribution in [0.3, 0.4) is 0 Å². The second kappa shape index (κ2) is 13.3. The standard InChI is InChI=1S/C10H9NS.C7H14N2O2.C4H9NO/c1-8-2-4-9(5-3-8)10-6-7-11-12-10;10-7(11)9-5-3-6-2-1-4-8-6;6-4-1-2-5-3-4/h2-7H,1H3;6,8-9H,1-5H2,(H,10,11);4-6H,1-3H2. The van der Waals surface area contributed by atoms with Gasteiger partial charge in [-0.3, -0.25) is 0 Å². The predicted octanol–water partition coefficient (Wildman–Crippen LogP) is 2.86. The van der Waals surface area contributed by atoms with Crippen LogP contribution < -0.4 is 16.0 Å². The highest BCUT2D eigenvalue weighted by Gasteiger charge is 2.13. The normalized spacial score (nSPS) is 20.2. The second-order valence-corrected chi connectivity index (χ2v) is 8.04. The third-order valence-corrected chi connectivity index (χ3v) is 5.54. The molecule has 0 saturated carbocycles. The molecule has 1 aromatic carbocycles. The Morgan fingerprint density at radius 3 is 2.52 bits per heavy atom. The van der Waals surface area contributed by atoms with Crippen LogP contribution in [0.15, 0.2) is 36.5 Å². The van der Waals surface area contributed by atoms with E-state index in [1.807, 2.05) is 12.3 Å². The van der Waals surface area contributed by atoms with E-state index in [0.29, 0.717) is 12.6 Å². The maximum atomic E-state index is 10.0. The zero-order valence-electron chi connectivity index (χ0n) is 16.9. The molecule has 1 amide bonds. The minimum atomic E-state index is -0.928. The Morgan fingerprint density at radius 2 is 2.03 bits per heavy atom. The van der Waals surface area contributed by atoms with Crippen LogP contribution in [0.25, 0.3) is 10.4 Å². The van der Waals surface area contributed by atoms with Crippen molar-refractivity contribution >= 4 is 17.6 Å². The molecule has 0 radical (unpaired) electrons. The first-order valence-corrected chi connectivity index (χ1v) is 10.9. The van der Waals surface area contributed by atoms with Gasteiger partial charge in [-0.2, -0.15) is 0 Å². The number of β-amino-alcohol motifs (C(OH)–C–C–N with tert-alkyl or cyclic N) is 1. The van der Waals surface area contributed by atoms with Gasteiger partial charge in [0.05, 0.1) is 11.0 Å². The molecule has 4 rings (SSSR count). The van der Waals surface area contributed by atoms with Gasteiger partial charge < -0.3 is 26.2 Å². The van der Waals surface area contributed by atoms with Crippen LogP contribution in [0.5, 0.6) is 0 Å². The minimum absolute atomic E-state index is 0.0648. The van der Waals surface area contributed by atoms with Gasteiger partial charge in [-0.05, 0) is 68.9 Å². The van der Waals surface area contributed by atoms with Crippen molar-refractivity contribution in [3.05, 3.63) is 42.1 Å². The summed E-state index contributed by atoms with van der Waals surface area (Å²) in [6.45, 7) is 5.52. The zero-order chi connectivity index (χ0) is 20.9. The minimum Gasteiger partial charge on any atom is -0.465 e. The molecule has 0 spiro atoms. The fourth-order valence-corrected chi connectivity index (χ4v) is 3.68. The van der Waals surface area contributed by atoms with Crippen molar-refractivity contribution in [3.63, 3.8) is 0 Å². The van der Waals surface area contributed by atoms with E-state index in [1.165, 1.54) is 40.4 Å². The van der Waals surface area contributed by atoms with Crippen molar-refractivity contribution in [2.45, 2.75) is 44.8 Å². The van der Waals surface area contributed by atoms with E-state index in [-0.39, 0.29) is 6.10 Å². The van der Waals surface area contributed by atoms with Gasteiger partial charge in [0.15, 0.2) is 0 Å². The summed E-state index contributed by atoms with van der Waals surface area (Å²) in [5.74, 6) is 0. The molecule has 2 aliphatic heterocycles. The van der Waals surface area contributed by atoms with Gasteiger partial charge in [0, 0.05) is 25.3 Å². The predicted molar refractivity (Wildman–Crippen MR) is 117 cm³/mol. The molecule has 5 N–H and O–H groups in total. The SMILES string of the molecule is Cc1ccc(-c2ccns2)cc1.O=C(O)NCCC1CCCN1.OC1CCNC1. The molecule has 2 aromatic rings. The number of carboxylic acid groups (broad SMARTS) is 1. The van der Waals surface area contributed by atoms with Crippen LogP contribution in [0.1, 0.15) is 31.2 Å². The maximum absolute atomic E-state index is 10.0. The second-order valence-electron chi connectivity index (χ2n) is 7.20. The van der Waals surface area contributed by atoms with Crippen molar-refractivity contribution in [1.82, 2.24) is 20.3 Å². The van der Waals surface area contributed by atoms with Gasteiger partial charge in [0.2, 0.25) is 0 Å². The summed E-state index contributed by atoms with van der Waals surface area (Å²) in [5.41, 5.74) is 2.55. The number of nitrogens with one attached hydrogen (secondary N) is 3. The van der Waals surface area contributed by atoms with Gasteiger partial charge in [0.25, 0.3) is 0 Å². The number of aromatic nitrogens is 1. The molecule has 29 heavy (non-hydrogen) atoms. The fraction of sp³-hybridized carbons (Fsp3) is 0.524. The Hall–Kier alpha value is -2.00. The molecule has 2 atom stereocenters. The Kier molecular flexibility index (Phi) is 10.6. The molecule has 1 aromatic heterocycles.